The number of piperidine rings is 1. The molecular weight excluding hydrogens is 316 g/mol. The first kappa shape index (κ1) is 17.5. The minimum absolute atomic E-state index is 0.0785. The van der Waals surface area contributed by atoms with Crippen molar-refractivity contribution in [1.29, 1.82) is 0 Å². The first-order valence-electron chi connectivity index (χ1n) is 8.96. The van der Waals surface area contributed by atoms with Crippen LogP contribution in [0, 0.1) is 0 Å². The number of amides is 2. The van der Waals surface area contributed by atoms with Crippen LogP contribution in [0.15, 0.2) is 47.3 Å². The number of furan rings is 1. The Bertz CT molecular complexity index is 639. The molecule has 134 valence electrons. The van der Waals surface area contributed by atoms with E-state index < -0.39 is 0 Å². The Kier molecular flexibility index (Phi) is 6.06. The van der Waals surface area contributed by atoms with Crippen LogP contribution in [0.2, 0.25) is 0 Å². The van der Waals surface area contributed by atoms with E-state index in [1.54, 1.807) is 18.7 Å². The zero-order valence-electron chi connectivity index (χ0n) is 14.6. The number of urea groups is 1. The molecule has 25 heavy (non-hydrogen) atoms. The van der Waals surface area contributed by atoms with Crippen LogP contribution in [0.3, 0.4) is 0 Å². The molecule has 2 unspecified atom stereocenters. The summed E-state index contributed by atoms with van der Waals surface area (Å²) in [6.45, 7) is 4.56. The average molecular weight is 342 g/mol. The Morgan fingerprint density at radius 2 is 2.12 bits per heavy atom. The molecule has 1 saturated heterocycles. The van der Waals surface area contributed by atoms with Gasteiger partial charge in [0.2, 0.25) is 0 Å². The molecule has 0 aliphatic carbocycles. The molecule has 1 aliphatic rings. The molecule has 2 atom stereocenters. The van der Waals surface area contributed by atoms with Gasteiger partial charge in [-0.05, 0) is 56.6 Å². The van der Waals surface area contributed by atoms with Crippen molar-refractivity contribution in [3.05, 3.63) is 54.2 Å². The quantitative estimate of drug-likeness (QED) is 0.845. The second-order valence-electron chi connectivity index (χ2n) is 6.49. The lowest BCUT2D eigenvalue weighted by molar-refractivity contribution is 0.143. The van der Waals surface area contributed by atoms with Gasteiger partial charge in [0.25, 0.3) is 0 Å². The third-order valence-electron chi connectivity index (χ3n) is 4.69. The van der Waals surface area contributed by atoms with Crippen LogP contribution in [0.1, 0.15) is 49.6 Å². The molecule has 6 nitrogen and oxygen atoms in total. The summed E-state index contributed by atoms with van der Waals surface area (Å²) in [6, 6.07) is 7.52. The van der Waals surface area contributed by atoms with E-state index >= 15 is 0 Å². The molecule has 0 aromatic carbocycles. The average Bonchev–Trinajstić information content (AvgIpc) is 3.18. The molecule has 3 rings (SSSR count). The number of nitrogens with zero attached hydrogens (tertiary/aromatic N) is 2. The Morgan fingerprint density at radius 1 is 1.28 bits per heavy atom. The third-order valence-corrected chi connectivity index (χ3v) is 4.69. The standard InChI is InChI=1S/C19H26N4O2/c1-15(16-7-5-9-20-13-16)22-19(24)21-14-17(18-8-6-12-25-18)23-10-3-2-4-11-23/h5-9,12-13,15,17H,2-4,10-11,14H2,1H3,(H2,21,22,24). The lowest BCUT2D eigenvalue weighted by atomic mass is 10.1. The fourth-order valence-corrected chi connectivity index (χ4v) is 3.27. The van der Waals surface area contributed by atoms with Gasteiger partial charge in [-0.15, -0.1) is 0 Å². The van der Waals surface area contributed by atoms with Crippen molar-refractivity contribution < 1.29 is 9.21 Å². The molecule has 2 amide bonds. The first-order valence-corrected chi connectivity index (χ1v) is 8.96. The van der Waals surface area contributed by atoms with Gasteiger partial charge in [-0.2, -0.15) is 0 Å². The number of aromatic nitrogens is 1. The lowest BCUT2D eigenvalue weighted by Crippen LogP contribution is -2.44. The SMILES string of the molecule is CC(NC(=O)NCC(c1ccco1)N1CCCCC1)c1cccnc1. The molecule has 6 heteroatoms. The smallest absolute Gasteiger partial charge is 0.315 e. The summed E-state index contributed by atoms with van der Waals surface area (Å²) < 4.78 is 5.61. The minimum Gasteiger partial charge on any atom is -0.468 e. The summed E-state index contributed by atoms with van der Waals surface area (Å²) in [5.74, 6) is 0.905. The maximum Gasteiger partial charge on any atom is 0.315 e. The monoisotopic (exact) mass is 342 g/mol. The Hall–Kier alpha value is -2.34. The molecule has 1 aliphatic heterocycles. The van der Waals surface area contributed by atoms with Crippen LogP contribution in [0.4, 0.5) is 4.79 Å². The van der Waals surface area contributed by atoms with Crippen molar-refractivity contribution in [2.75, 3.05) is 19.6 Å². The van der Waals surface area contributed by atoms with Crippen molar-refractivity contribution >= 4 is 6.03 Å². The normalized spacial score (nSPS) is 17.6. The molecule has 0 bridgehead atoms. The zero-order chi connectivity index (χ0) is 17.5. The van der Waals surface area contributed by atoms with Gasteiger partial charge >= 0.3 is 6.03 Å². The topological polar surface area (TPSA) is 70.4 Å². The summed E-state index contributed by atoms with van der Waals surface area (Å²) >= 11 is 0. The van der Waals surface area contributed by atoms with Crippen LogP contribution >= 0.6 is 0 Å². The number of rotatable bonds is 6. The maximum absolute atomic E-state index is 12.3. The number of pyridine rings is 1. The van der Waals surface area contributed by atoms with Gasteiger partial charge < -0.3 is 15.1 Å². The number of carbonyl (C=O) groups excluding carboxylic acids is 1. The van der Waals surface area contributed by atoms with Crippen LogP contribution in [-0.4, -0.2) is 35.5 Å². The Balaban J connectivity index is 1.56. The highest BCUT2D eigenvalue weighted by Crippen LogP contribution is 2.24. The predicted octanol–water partition coefficient (Wildman–Crippen LogP) is 3.26. The van der Waals surface area contributed by atoms with Gasteiger partial charge in [0.1, 0.15) is 5.76 Å². The number of hydrogen-bond donors (Lipinski definition) is 2. The number of likely N-dealkylation sites (tertiary alicyclic amines) is 1. The van der Waals surface area contributed by atoms with E-state index in [9.17, 15) is 4.79 Å². The van der Waals surface area contributed by atoms with E-state index in [1.807, 2.05) is 31.2 Å². The molecule has 3 heterocycles. The van der Waals surface area contributed by atoms with E-state index in [2.05, 4.69) is 20.5 Å². The number of carbonyl (C=O) groups is 1. The van der Waals surface area contributed by atoms with Gasteiger partial charge in [0.15, 0.2) is 0 Å². The minimum atomic E-state index is -0.176. The van der Waals surface area contributed by atoms with E-state index in [0.717, 1.165) is 24.4 Å². The molecule has 2 aromatic heterocycles. The molecule has 0 radical (unpaired) electrons. The van der Waals surface area contributed by atoms with Crippen molar-refractivity contribution in [1.82, 2.24) is 20.5 Å². The fourth-order valence-electron chi connectivity index (χ4n) is 3.27. The summed E-state index contributed by atoms with van der Waals surface area (Å²) in [7, 11) is 0. The van der Waals surface area contributed by atoms with Gasteiger partial charge in [-0.25, -0.2) is 4.79 Å². The largest absolute Gasteiger partial charge is 0.468 e. The summed E-state index contributed by atoms with van der Waals surface area (Å²) in [6.07, 6.45) is 8.85. The van der Waals surface area contributed by atoms with Crippen molar-refractivity contribution in [3.63, 3.8) is 0 Å². The summed E-state index contributed by atoms with van der Waals surface area (Å²) in [5.41, 5.74) is 0.983. The van der Waals surface area contributed by atoms with E-state index in [-0.39, 0.29) is 18.1 Å². The van der Waals surface area contributed by atoms with Crippen LogP contribution in [-0.2, 0) is 0 Å². The third kappa shape index (κ3) is 4.82. The molecule has 0 spiro atoms. The molecule has 1 fully saturated rings. The highest BCUT2D eigenvalue weighted by atomic mass is 16.3. The Labute approximate surface area is 148 Å². The highest BCUT2D eigenvalue weighted by Gasteiger charge is 2.25. The molecule has 2 N–H and O–H groups in total. The van der Waals surface area contributed by atoms with Crippen LogP contribution in [0.5, 0.6) is 0 Å². The van der Waals surface area contributed by atoms with E-state index in [1.165, 1.54) is 19.3 Å². The van der Waals surface area contributed by atoms with Crippen molar-refractivity contribution in [2.45, 2.75) is 38.3 Å². The van der Waals surface area contributed by atoms with Crippen molar-refractivity contribution in [2.24, 2.45) is 0 Å². The zero-order valence-corrected chi connectivity index (χ0v) is 14.6. The van der Waals surface area contributed by atoms with Crippen LogP contribution in [0.25, 0.3) is 0 Å². The molecule has 0 saturated carbocycles. The second-order valence-corrected chi connectivity index (χ2v) is 6.49. The second kappa shape index (κ2) is 8.67. The van der Waals surface area contributed by atoms with Gasteiger partial charge in [-0.1, -0.05) is 12.5 Å². The summed E-state index contributed by atoms with van der Waals surface area (Å²) in [4.78, 5) is 18.8. The maximum atomic E-state index is 12.3. The first-order chi connectivity index (χ1) is 12.2. The lowest BCUT2D eigenvalue weighted by Gasteiger charge is -2.33. The summed E-state index contributed by atoms with van der Waals surface area (Å²) in [5, 5.41) is 5.96. The van der Waals surface area contributed by atoms with Crippen LogP contribution < -0.4 is 10.6 Å². The predicted molar refractivity (Wildman–Crippen MR) is 96.1 cm³/mol. The number of nitrogens with one attached hydrogen (secondary N) is 2. The van der Waals surface area contributed by atoms with Crippen molar-refractivity contribution in [3.8, 4) is 0 Å². The molecule has 2 aromatic rings. The Morgan fingerprint density at radius 3 is 2.80 bits per heavy atom. The fraction of sp³-hybridized carbons (Fsp3) is 0.474. The van der Waals surface area contributed by atoms with Gasteiger partial charge in [0.05, 0.1) is 18.3 Å². The molecular formula is C19H26N4O2. The number of hydrogen-bond acceptors (Lipinski definition) is 4. The van der Waals surface area contributed by atoms with Gasteiger partial charge in [-0.3, -0.25) is 9.88 Å². The van der Waals surface area contributed by atoms with Gasteiger partial charge in [0, 0.05) is 18.9 Å². The van der Waals surface area contributed by atoms with E-state index in [0.29, 0.717) is 6.54 Å². The van der Waals surface area contributed by atoms with E-state index in [4.69, 9.17) is 4.42 Å². The highest BCUT2D eigenvalue weighted by molar-refractivity contribution is 5.74.